The highest BCUT2D eigenvalue weighted by Crippen LogP contribution is 1.93. The first-order chi connectivity index (χ1) is 5.33. The van der Waals surface area contributed by atoms with Crippen molar-refractivity contribution in [2.75, 3.05) is 13.2 Å². The third-order valence-electron chi connectivity index (χ3n) is 1.15. The van der Waals surface area contributed by atoms with Crippen LogP contribution >= 0.6 is 0 Å². The lowest BCUT2D eigenvalue weighted by molar-refractivity contribution is 0.221. The van der Waals surface area contributed by atoms with Gasteiger partial charge in [0.15, 0.2) is 0 Å². The maximum absolute atomic E-state index is 8.28. The van der Waals surface area contributed by atoms with Gasteiger partial charge in [-0.3, -0.25) is 0 Å². The second-order valence-corrected chi connectivity index (χ2v) is 4.12. The summed E-state index contributed by atoms with van der Waals surface area (Å²) in [6.07, 6.45) is 1.15. The Balaban J connectivity index is 0. The van der Waals surface area contributed by atoms with Gasteiger partial charge in [0.1, 0.15) is 0 Å². The van der Waals surface area contributed by atoms with Gasteiger partial charge in [0.2, 0.25) is 0 Å². The van der Waals surface area contributed by atoms with Crippen LogP contribution in [0.4, 0.5) is 0 Å². The first-order valence-electron chi connectivity index (χ1n) is 4.43. The number of hydrogen-bond donors (Lipinski definition) is 3. The van der Waals surface area contributed by atoms with Crippen molar-refractivity contribution in [1.29, 1.82) is 0 Å². The molecule has 0 aliphatic heterocycles. The van der Waals surface area contributed by atoms with Crippen LogP contribution in [0.1, 0.15) is 34.1 Å². The molecule has 0 radical (unpaired) electrons. The van der Waals surface area contributed by atoms with E-state index in [0.717, 1.165) is 18.9 Å². The molecule has 12 heavy (non-hydrogen) atoms. The number of hydrogen-bond acceptors (Lipinski definition) is 3. The van der Waals surface area contributed by atoms with Gasteiger partial charge >= 0.3 is 0 Å². The SMILES string of the molecule is CC(C)(N)CO.CC(C)CCN. The van der Waals surface area contributed by atoms with Crippen LogP contribution in [0.15, 0.2) is 0 Å². The molecule has 0 saturated carbocycles. The van der Waals surface area contributed by atoms with Crippen LogP contribution in [-0.2, 0) is 0 Å². The summed E-state index contributed by atoms with van der Waals surface area (Å²) >= 11 is 0. The normalized spacial score (nSPS) is 11.0. The minimum atomic E-state index is -0.403. The Hall–Kier alpha value is -0.120. The molecule has 5 N–H and O–H groups in total. The van der Waals surface area contributed by atoms with Crippen LogP contribution in [0.3, 0.4) is 0 Å². The second kappa shape index (κ2) is 7.53. The van der Waals surface area contributed by atoms with Gasteiger partial charge in [-0.05, 0) is 32.7 Å². The van der Waals surface area contributed by atoms with Crippen molar-refractivity contribution in [2.45, 2.75) is 39.7 Å². The van der Waals surface area contributed by atoms with E-state index in [1.54, 1.807) is 13.8 Å². The fourth-order valence-corrected chi connectivity index (χ4v) is 0.333. The standard InChI is InChI=1S/C5H13N.C4H11NO/c1-5(2)3-4-6;1-4(2,5)3-6/h5H,3-4,6H2,1-2H3;6H,3,5H2,1-2H3. The van der Waals surface area contributed by atoms with Crippen LogP contribution in [0.25, 0.3) is 0 Å². The van der Waals surface area contributed by atoms with Crippen molar-refractivity contribution < 1.29 is 5.11 Å². The quantitative estimate of drug-likeness (QED) is 0.593. The van der Waals surface area contributed by atoms with Crippen molar-refractivity contribution in [1.82, 2.24) is 0 Å². The molecular weight excluding hydrogens is 152 g/mol. The Morgan fingerprint density at radius 2 is 1.67 bits per heavy atom. The molecule has 0 aromatic heterocycles. The predicted molar refractivity (Wildman–Crippen MR) is 53.9 cm³/mol. The zero-order valence-corrected chi connectivity index (χ0v) is 8.80. The van der Waals surface area contributed by atoms with E-state index < -0.39 is 5.54 Å². The maximum atomic E-state index is 8.28. The van der Waals surface area contributed by atoms with Gasteiger partial charge < -0.3 is 16.6 Å². The Kier molecular flexibility index (Phi) is 9.03. The number of nitrogens with two attached hydrogens (primary N) is 2. The smallest absolute Gasteiger partial charge is 0.0605 e. The number of aliphatic hydroxyl groups is 1. The molecule has 0 amide bonds. The zero-order valence-electron chi connectivity index (χ0n) is 8.80. The highest BCUT2D eigenvalue weighted by molar-refractivity contribution is 4.67. The van der Waals surface area contributed by atoms with Crippen molar-refractivity contribution in [3.8, 4) is 0 Å². The molecule has 3 nitrogen and oxygen atoms in total. The Morgan fingerprint density at radius 1 is 1.33 bits per heavy atom. The minimum Gasteiger partial charge on any atom is -0.394 e. The largest absolute Gasteiger partial charge is 0.394 e. The maximum Gasteiger partial charge on any atom is 0.0605 e. The molecule has 0 bridgehead atoms. The molecule has 0 aliphatic rings. The van der Waals surface area contributed by atoms with Crippen LogP contribution in [0.2, 0.25) is 0 Å². The number of aliphatic hydroxyl groups excluding tert-OH is 1. The van der Waals surface area contributed by atoms with Crippen LogP contribution in [-0.4, -0.2) is 23.8 Å². The lowest BCUT2D eigenvalue weighted by Gasteiger charge is -2.12. The van der Waals surface area contributed by atoms with E-state index in [9.17, 15) is 0 Å². The Labute approximate surface area is 76.1 Å². The molecule has 0 aromatic rings. The van der Waals surface area contributed by atoms with Crippen molar-refractivity contribution in [3.63, 3.8) is 0 Å². The lowest BCUT2D eigenvalue weighted by Crippen LogP contribution is -2.35. The second-order valence-electron chi connectivity index (χ2n) is 4.12. The molecule has 0 aliphatic carbocycles. The average Bonchev–Trinajstić information content (AvgIpc) is 1.87. The molecule has 3 heteroatoms. The topological polar surface area (TPSA) is 72.3 Å². The van der Waals surface area contributed by atoms with Gasteiger partial charge in [-0.2, -0.15) is 0 Å². The highest BCUT2D eigenvalue weighted by atomic mass is 16.3. The fourth-order valence-electron chi connectivity index (χ4n) is 0.333. The summed E-state index contributed by atoms with van der Waals surface area (Å²) in [6.45, 7) is 8.77. The summed E-state index contributed by atoms with van der Waals surface area (Å²) < 4.78 is 0. The van der Waals surface area contributed by atoms with Gasteiger partial charge in [-0.15, -0.1) is 0 Å². The summed E-state index contributed by atoms with van der Waals surface area (Å²) in [5.41, 5.74) is 10.1. The lowest BCUT2D eigenvalue weighted by atomic mass is 10.1. The van der Waals surface area contributed by atoms with Gasteiger partial charge in [0.25, 0.3) is 0 Å². The molecule has 0 atom stereocenters. The molecular formula is C9H24N2O. The molecule has 0 unspecified atom stereocenters. The molecule has 0 heterocycles. The van der Waals surface area contributed by atoms with Gasteiger partial charge in [-0.1, -0.05) is 13.8 Å². The minimum absolute atomic E-state index is 0.0486. The summed E-state index contributed by atoms with van der Waals surface area (Å²) in [4.78, 5) is 0. The molecule has 0 fully saturated rings. The van der Waals surface area contributed by atoms with Crippen molar-refractivity contribution in [3.05, 3.63) is 0 Å². The zero-order chi connectivity index (χ0) is 10.2. The summed E-state index contributed by atoms with van der Waals surface area (Å²) in [6, 6.07) is 0. The molecule has 0 rings (SSSR count). The molecule has 76 valence electrons. The van der Waals surface area contributed by atoms with E-state index in [0.29, 0.717) is 0 Å². The first kappa shape index (κ1) is 14.4. The third-order valence-corrected chi connectivity index (χ3v) is 1.15. The highest BCUT2D eigenvalue weighted by Gasteiger charge is 2.05. The van der Waals surface area contributed by atoms with Gasteiger partial charge in [-0.25, -0.2) is 0 Å². The fraction of sp³-hybridized carbons (Fsp3) is 1.00. The van der Waals surface area contributed by atoms with Crippen molar-refractivity contribution in [2.24, 2.45) is 17.4 Å². The van der Waals surface area contributed by atoms with Crippen LogP contribution in [0, 0.1) is 5.92 Å². The third kappa shape index (κ3) is 22.5. The molecule has 0 aromatic carbocycles. The Bertz CT molecular complexity index is 87.0. The Morgan fingerprint density at radius 3 is 1.67 bits per heavy atom. The summed E-state index contributed by atoms with van der Waals surface area (Å²) in [7, 11) is 0. The van der Waals surface area contributed by atoms with E-state index in [1.165, 1.54) is 0 Å². The van der Waals surface area contributed by atoms with Crippen LogP contribution in [0.5, 0.6) is 0 Å². The van der Waals surface area contributed by atoms with E-state index in [-0.39, 0.29) is 6.61 Å². The number of rotatable bonds is 3. The van der Waals surface area contributed by atoms with Gasteiger partial charge in [0, 0.05) is 5.54 Å². The predicted octanol–water partition coefficient (Wildman–Crippen LogP) is 0.707. The molecule has 0 saturated heterocycles. The molecule has 0 spiro atoms. The van der Waals surface area contributed by atoms with E-state index in [1.807, 2.05) is 0 Å². The van der Waals surface area contributed by atoms with Gasteiger partial charge in [0.05, 0.1) is 6.61 Å². The van der Waals surface area contributed by atoms with E-state index >= 15 is 0 Å². The average molecular weight is 176 g/mol. The van der Waals surface area contributed by atoms with E-state index in [4.69, 9.17) is 16.6 Å². The van der Waals surface area contributed by atoms with Crippen LogP contribution < -0.4 is 11.5 Å². The monoisotopic (exact) mass is 176 g/mol. The summed E-state index contributed by atoms with van der Waals surface area (Å²) in [5, 5.41) is 8.28. The van der Waals surface area contributed by atoms with Crippen molar-refractivity contribution >= 4 is 0 Å². The summed E-state index contributed by atoms with van der Waals surface area (Å²) in [5.74, 6) is 0.773. The van der Waals surface area contributed by atoms with E-state index in [2.05, 4.69) is 13.8 Å². The first-order valence-corrected chi connectivity index (χ1v) is 4.43.